The van der Waals surface area contributed by atoms with Crippen LogP contribution in [0.4, 0.5) is 0 Å². The molecule has 0 radical (unpaired) electrons. The molecule has 2 rings (SSSR count). The van der Waals surface area contributed by atoms with E-state index in [1.54, 1.807) is 18.9 Å². The second kappa shape index (κ2) is 7.99. The molecule has 0 saturated carbocycles. The predicted molar refractivity (Wildman–Crippen MR) is 82.8 cm³/mol. The summed E-state index contributed by atoms with van der Waals surface area (Å²) in [6.07, 6.45) is 5.80. The molecule has 20 heavy (non-hydrogen) atoms. The number of thioether (sulfide) groups is 1. The predicted octanol–water partition coefficient (Wildman–Crippen LogP) is 2.60. The highest BCUT2D eigenvalue weighted by molar-refractivity contribution is 7.98. The second-order valence-corrected chi connectivity index (χ2v) is 5.19. The molecule has 4 nitrogen and oxygen atoms in total. The Morgan fingerprint density at radius 3 is 2.45 bits per heavy atom. The Morgan fingerprint density at radius 2 is 1.85 bits per heavy atom. The fraction of sp³-hybridized carbons (Fsp3) is 0.333. The van der Waals surface area contributed by atoms with Crippen molar-refractivity contribution in [3.05, 3.63) is 42.2 Å². The standard InChI is InChI=1S/C15H19N3OS/c1-19-8-7-16-9-12-10-17-15(18-11-12)13-3-5-14(20-2)6-4-13/h3-6,10-11,16H,7-9H2,1-2H3. The summed E-state index contributed by atoms with van der Waals surface area (Å²) >= 11 is 1.73. The molecule has 1 heterocycles. The van der Waals surface area contributed by atoms with Gasteiger partial charge in [-0.1, -0.05) is 12.1 Å². The summed E-state index contributed by atoms with van der Waals surface area (Å²) in [6, 6.07) is 8.28. The summed E-state index contributed by atoms with van der Waals surface area (Å²) in [6.45, 7) is 2.30. The number of hydrogen-bond donors (Lipinski definition) is 1. The van der Waals surface area contributed by atoms with Gasteiger partial charge in [0.15, 0.2) is 5.82 Å². The summed E-state index contributed by atoms with van der Waals surface area (Å²) in [7, 11) is 1.70. The highest BCUT2D eigenvalue weighted by atomic mass is 32.2. The van der Waals surface area contributed by atoms with Gasteiger partial charge < -0.3 is 10.1 Å². The number of ether oxygens (including phenoxy) is 1. The van der Waals surface area contributed by atoms with E-state index in [1.807, 2.05) is 12.4 Å². The van der Waals surface area contributed by atoms with Gasteiger partial charge in [-0.3, -0.25) is 0 Å². The van der Waals surface area contributed by atoms with Crippen LogP contribution in [-0.2, 0) is 11.3 Å². The fourth-order valence-electron chi connectivity index (χ4n) is 1.74. The number of hydrogen-bond acceptors (Lipinski definition) is 5. The lowest BCUT2D eigenvalue weighted by Crippen LogP contribution is -2.18. The molecule has 0 aliphatic carbocycles. The van der Waals surface area contributed by atoms with Crippen molar-refractivity contribution in [1.82, 2.24) is 15.3 Å². The minimum atomic E-state index is 0.709. The quantitative estimate of drug-likeness (QED) is 0.627. The first-order valence-corrected chi connectivity index (χ1v) is 7.71. The van der Waals surface area contributed by atoms with E-state index >= 15 is 0 Å². The van der Waals surface area contributed by atoms with Gasteiger partial charge in [0, 0.05) is 48.6 Å². The van der Waals surface area contributed by atoms with Crippen molar-refractivity contribution >= 4 is 11.8 Å². The van der Waals surface area contributed by atoms with E-state index in [2.05, 4.69) is 45.8 Å². The number of nitrogens with zero attached hydrogens (tertiary/aromatic N) is 2. The molecule has 1 N–H and O–H groups in total. The Labute approximate surface area is 124 Å². The maximum atomic E-state index is 4.98. The molecule has 0 aliphatic rings. The Hall–Kier alpha value is -1.43. The van der Waals surface area contributed by atoms with E-state index in [1.165, 1.54) is 4.90 Å². The summed E-state index contributed by atoms with van der Waals surface area (Å²) < 4.78 is 4.98. The highest BCUT2D eigenvalue weighted by Crippen LogP contribution is 2.20. The van der Waals surface area contributed by atoms with Crippen molar-refractivity contribution in [2.75, 3.05) is 26.5 Å². The summed E-state index contributed by atoms with van der Waals surface area (Å²) in [5.74, 6) is 0.762. The van der Waals surface area contributed by atoms with E-state index in [0.29, 0.717) is 6.61 Å². The molecule has 1 aromatic carbocycles. The largest absolute Gasteiger partial charge is 0.383 e. The maximum Gasteiger partial charge on any atom is 0.159 e. The zero-order chi connectivity index (χ0) is 14.2. The van der Waals surface area contributed by atoms with Gasteiger partial charge in [-0.25, -0.2) is 9.97 Å². The number of aromatic nitrogens is 2. The molecule has 0 fully saturated rings. The lowest BCUT2D eigenvalue weighted by Gasteiger charge is -2.05. The monoisotopic (exact) mass is 289 g/mol. The van der Waals surface area contributed by atoms with E-state index in [0.717, 1.165) is 30.0 Å². The fourth-order valence-corrected chi connectivity index (χ4v) is 2.15. The molecule has 1 aromatic heterocycles. The van der Waals surface area contributed by atoms with Crippen molar-refractivity contribution in [3.8, 4) is 11.4 Å². The van der Waals surface area contributed by atoms with Crippen LogP contribution in [0.3, 0.4) is 0 Å². The topological polar surface area (TPSA) is 47.0 Å². The van der Waals surface area contributed by atoms with Crippen molar-refractivity contribution in [2.45, 2.75) is 11.4 Å². The zero-order valence-corrected chi connectivity index (χ0v) is 12.6. The molecule has 0 spiro atoms. The molecule has 0 amide bonds. The third-order valence-corrected chi connectivity index (χ3v) is 3.61. The van der Waals surface area contributed by atoms with Gasteiger partial charge >= 0.3 is 0 Å². The van der Waals surface area contributed by atoms with Gasteiger partial charge in [-0.2, -0.15) is 0 Å². The van der Waals surface area contributed by atoms with Crippen LogP contribution in [0.15, 0.2) is 41.6 Å². The molecule has 2 aromatic rings. The number of rotatable bonds is 7. The molecule has 0 saturated heterocycles. The number of benzene rings is 1. The van der Waals surface area contributed by atoms with Crippen molar-refractivity contribution in [2.24, 2.45) is 0 Å². The van der Waals surface area contributed by atoms with Gasteiger partial charge in [0.1, 0.15) is 0 Å². The van der Waals surface area contributed by atoms with Crippen LogP contribution in [0.2, 0.25) is 0 Å². The molecule has 0 atom stereocenters. The molecule has 0 unspecified atom stereocenters. The summed E-state index contributed by atoms with van der Waals surface area (Å²) in [4.78, 5) is 10.1. The molecular weight excluding hydrogens is 270 g/mol. The minimum Gasteiger partial charge on any atom is -0.383 e. The first-order chi connectivity index (χ1) is 9.83. The molecule has 5 heteroatoms. The average molecular weight is 289 g/mol. The van der Waals surface area contributed by atoms with Crippen molar-refractivity contribution in [1.29, 1.82) is 0 Å². The Morgan fingerprint density at radius 1 is 1.15 bits per heavy atom. The third kappa shape index (κ3) is 4.30. The normalized spacial score (nSPS) is 10.7. The SMILES string of the molecule is COCCNCc1cnc(-c2ccc(SC)cc2)nc1. The van der Waals surface area contributed by atoms with Gasteiger partial charge in [0.25, 0.3) is 0 Å². The smallest absolute Gasteiger partial charge is 0.159 e. The van der Waals surface area contributed by atoms with Gasteiger partial charge in [0.2, 0.25) is 0 Å². The Kier molecular flexibility index (Phi) is 5.98. The molecule has 106 valence electrons. The lowest BCUT2D eigenvalue weighted by molar-refractivity contribution is 0.199. The van der Waals surface area contributed by atoms with Gasteiger partial charge in [-0.15, -0.1) is 11.8 Å². The Bertz CT molecular complexity index is 514. The van der Waals surface area contributed by atoms with Crippen molar-refractivity contribution < 1.29 is 4.74 Å². The minimum absolute atomic E-state index is 0.709. The first-order valence-electron chi connectivity index (χ1n) is 6.48. The highest BCUT2D eigenvalue weighted by Gasteiger charge is 2.01. The maximum absolute atomic E-state index is 4.98. The Balaban J connectivity index is 1.96. The van der Waals surface area contributed by atoms with Crippen LogP contribution < -0.4 is 5.32 Å². The van der Waals surface area contributed by atoms with Gasteiger partial charge in [0.05, 0.1) is 6.61 Å². The molecular formula is C15H19N3OS. The molecule has 0 bridgehead atoms. The lowest BCUT2D eigenvalue weighted by atomic mass is 10.2. The average Bonchev–Trinajstić information content (AvgIpc) is 2.52. The van der Waals surface area contributed by atoms with Crippen LogP contribution in [0.5, 0.6) is 0 Å². The first kappa shape index (κ1) is 15.0. The van der Waals surface area contributed by atoms with Crippen LogP contribution >= 0.6 is 11.8 Å². The van der Waals surface area contributed by atoms with Crippen molar-refractivity contribution in [3.63, 3.8) is 0 Å². The number of methoxy groups -OCH3 is 1. The van der Waals surface area contributed by atoms with E-state index in [-0.39, 0.29) is 0 Å². The zero-order valence-electron chi connectivity index (χ0n) is 11.8. The summed E-state index contributed by atoms with van der Waals surface area (Å²) in [5, 5.41) is 3.27. The van der Waals surface area contributed by atoms with Crippen LogP contribution in [-0.4, -0.2) is 36.5 Å². The third-order valence-electron chi connectivity index (χ3n) is 2.87. The van der Waals surface area contributed by atoms with E-state index < -0.39 is 0 Å². The van der Waals surface area contributed by atoms with Gasteiger partial charge in [-0.05, 0) is 18.4 Å². The van der Waals surface area contributed by atoms with Crippen LogP contribution in [0, 0.1) is 0 Å². The van der Waals surface area contributed by atoms with Crippen LogP contribution in [0.1, 0.15) is 5.56 Å². The molecule has 0 aliphatic heterocycles. The van der Waals surface area contributed by atoms with E-state index in [9.17, 15) is 0 Å². The number of nitrogens with one attached hydrogen (secondary N) is 1. The summed E-state index contributed by atoms with van der Waals surface area (Å²) in [5.41, 5.74) is 2.12. The van der Waals surface area contributed by atoms with E-state index in [4.69, 9.17) is 4.74 Å². The van der Waals surface area contributed by atoms with Crippen LogP contribution in [0.25, 0.3) is 11.4 Å². The second-order valence-electron chi connectivity index (χ2n) is 4.31.